The smallest absolute Gasteiger partial charge is 0.221 e. The summed E-state index contributed by atoms with van der Waals surface area (Å²) < 4.78 is 4.17. The molecule has 2 aliphatic rings. The summed E-state index contributed by atoms with van der Waals surface area (Å²) >= 11 is 1.55. The van der Waals surface area contributed by atoms with Crippen LogP contribution in [0.5, 0.6) is 0 Å². The molecule has 1 saturated carbocycles. The lowest BCUT2D eigenvalue weighted by atomic mass is 9.73. The van der Waals surface area contributed by atoms with E-state index in [9.17, 15) is 4.79 Å². The molecule has 1 atom stereocenters. The van der Waals surface area contributed by atoms with Crippen molar-refractivity contribution in [2.75, 3.05) is 0 Å². The summed E-state index contributed by atoms with van der Waals surface area (Å²) in [6, 6.07) is 2.08. The van der Waals surface area contributed by atoms with Crippen LogP contribution in [-0.4, -0.2) is 15.8 Å². The molecule has 16 heavy (non-hydrogen) atoms. The van der Waals surface area contributed by atoms with Gasteiger partial charge in [0.15, 0.2) is 0 Å². The van der Waals surface area contributed by atoms with Gasteiger partial charge in [-0.3, -0.25) is 4.79 Å². The first-order chi connectivity index (χ1) is 7.80. The van der Waals surface area contributed by atoms with Gasteiger partial charge < -0.3 is 5.32 Å². The fourth-order valence-corrected chi connectivity index (χ4v) is 4.03. The Hall–Kier alpha value is -0.900. The monoisotopic (exact) mass is 236 g/mol. The van der Waals surface area contributed by atoms with Gasteiger partial charge in [0.1, 0.15) is 0 Å². The lowest BCUT2D eigenvalue weighted by Crippen LogP contribution is -2.46. The quantitative estimate of drug-likeness (QED) is 0.813. The number of carbonyl (C=O) groups excluding carboxylic acids is 1. The second-order valence-electron chi connectivity index (χ2n) is 4.94. The van der Waals surface area contributed by atoms with Crippen molar-refractivity contribution in [1.29, 1.82) is 0 Å². The standard InChI is InChI=1S/C12H16N2OS/c15-11-8-9(10-4-7-13-16-10)12(14-11)5-2-1-3-6-12/h4,7,9H,1-3,5-6,8H2,(H,14,15). The summed E-state index contributed by atoms with van der Waals surface area (Å²) in [6.45, 7) is 0. The maximum Gasteiger partial charge on any atom is 0.221 e. The van der Waals surface area contributed by atoms with E-state index in [1.807, 2.05) is 6.20 Å². The van der Waals surface area contributed by atoms with Gasteiger partial charge in [0.25, 0.3) is 0 Å². The molecule has 4 heteroatoms. The summed E-state index contributed by atoms with van der Waals surface area (Å²) in [6.07, 6.45) is 8.59. The Labute approximate surface area is 99.4 Å². The minimum atomic E-state index is 0.0574. The van der Waals surface area contributed by atoms with E-state index in [1.165, 1.54) is 24.1 Å². The molecule has 2 heterocycles. The van der Waals surface area contributed by atoms with Crippen LogP contribution < -0.4 is 5.32 Å². The van der Waals surface area contributed by atoms with Crippen molar-refractivity contribution in [3.8, 4) is 0 Å². The topological polar surface area (TPSA) is 42.0 Å². The minimum Gasteiger partial charge on any atom is -0.350 e. The third-order valence-electron chi connectivity index (χ3n) is 3.99. The van der Waals surface area contributed by atoms with E-state index in [0.29, 0.717) is 12.3 Å². The number of hydrogen-bond donors (Lipinski definition) is 1. The molecule has 1 amide bonds. The van der Waals surface area contributed by atoms with Crippen LogP contribution in [-0.2, 0) is 4.79 Å². The largest absolute Gasteiger partial charge is 0.350 e. The molecule has 1 N–H and O–H groups in total. The van der Waals surface area contributed by atoms with Crippen LogP contribution in [0.2, 0.25) is 0 Å². The Morgan fingerprint density at radius 1 is 1.38 bits per heavy atom. The molecule has 1 saturated heterocycles. The molecule has 1 aliphatic carbocycles. The molecule has 0 aromatic carbocycles. The van der Waals surface area contributed by atoms with E-state index >= 15 is 0 Å². The van der Waals surface area contributed by atoms with Crippen LogP contribution in [0.1, 0.15) is 49.3 Å². The van der Waals surface area contributed by atoms with Crippen molar-refractivity contribution in [3.05, 3.63) is 17.1 Å². The fourth-order valence-electron chi connectivity index (χ4n) is 3.23. The van der Waals surface area contributed by atoms with Gasteiger partial charge in [0.2, 0.25) is 5.91 Å². The predicted molar refractivity (Wildman–Crippen MR) is 63.4 cm³/mol. The van der Waals surface area contributed by atoms with E-state index < -0.39 is 0 Å². The van der Waals surface area contributed by atoms with Crippen molar-refractivity contribution in [1.82, 2.24) is 9.69 Å². The van der Waals surface area contributed by atoms with Crippen LogP contribution in [0, 0.1) is 0 Å². The Bertz CT molecular complexity index is 382. The van der Waals surface area contributed by atoms with Crippen LogP contribution in [0.3, 0.4) is 0 Å². The normalized spacial score (nSPS) is 28.2. The third-order valence-corrected chi connectivity index (χ3v) is 4.85. The van der Waals surface area contributed by atoms with E-state index in [-0.39, 0.29) is 11.4 Å². The van der Waals surface area contributed by atoms with Crippen molar-refractivity contribution in [2.45, 2.75) is 50.0 Å². The number of aromatic nitrogens is 1. The molecular formula is C12H16N2OS. The molecule has 0 bridgehead atoms. The first-order valence-electron chi connectivity index (χ1n) is 6.02. The molecule has 3 rings (SSSR count). The lowest BCUT2D eigenvalue weighted by Gasteiger charge is -2.38. The zero-order valence-electron chi connectivity index (χ0n) is 9.24. The Morgan fingerprint density at radius 2 is 2.19 bits per heavy atom. The van der Waals surface area contributed by atoms with Gasteiger partial charge in [0, 0.05) is 29.0 Å². The number of nitrogens with one attached hydrogen (secondary N) is 1. The Kier molecular flexibility index (Phi) is 2.46. The fraction of sp³-hybridized carbons (Fsp3) is 0.667. The molecule has 86 valence electrons. The zero-order valence-corrected chi connectivity index (χ0v) is 10.1. The molecule has 3 nitrogen and oxygen atoms in total. The van der Waals surface area contributed by atoms with Gasteiger partial charge in [-0.1, -0.05) is 19.3 Å². The first kappa shape index (κ1) is 10.3. The SMILES string of the molecule is O=C1CC(c2ccns2)C2(CCCCC2)N1. The Balaban J connectivity index is 1.93. The summed E-state index contributed by atoms with van der Waals surface area (Å²) in [7, 11) is 0. The summed E-state index contributed by atoms with van der Waals surface area (Å²) in [4.78, 5) is 13.0. The predicted octanol–water partition coefficient (Wildman–Crippen LogP) is 2.45. The van der Waals surface area contributed by atoms with Crippen molar-refractivity contribution in [2.24, 2.45) is 0 Å². The zero-order chi connectivity index (χ0) is 11.0. The van der Waals surface area contributed by atoms with Crippen LogP contribution >= 0.6 is 11.5 Å². The van der Waals surface area contributed by atoms with Gasteiger partial charge in [-0.25, -0.2) is 4.37 Å². The average molecular weight is 236 g/mol. The second kappa shape index (κ2) is 3.84. The van der Waals surface area contributed by atoms with Crippen LogP contribution in [0.25, 0.3) is 0 Å². The average Bonchev–Trinajstić information content (AvgIpc) is 2.88. The van der Waals surface area contributed by atoms with Gasteiger partial charge in [0.05, 0.1) is 0 Å². The summed E-state index contributed by atoms with van der Waals surface area (Å²) in [5.74, 6) is 0.591. The first-order valence-corrected chi connectivity index (χ1v) is 6.79. The van der Waals surface area contributed by atoms with Crippen LogP contribution in [0.15, 0.2) is 12.3 Å². The van der Waals surface area contributed by atoms with Gasteiger partial charge in [-0.05, 0) is 30.4 Å². The Morgan fingerprint density at radius 3 is 2.88 bits per heavy atom. The van der Waals surface area contributed by atoms with Crippen molar-refractivity contribution < 1.29 is 4.79 Å². The minimum absolute atomic E-state index is 0.0574. The van der Waals surface area contributed by atoms with E-state index in [1.54, 1.807) is 11.5 Å². The lowest BCUT2D eigenvalue weighted by molar-refractivity contribution is -0.120. The highest BCUT2D eigenvalue weighted by molar-refractivity contribution is 7.05. The van der Waals surface area contributed by atoms with Crippen LogP contribution in [0.4, 0.5) is 0 Å². The summed E-state index contributed by atoms with van der Waals surface area (Å²) in [5, 5.41) is 3.25. The van der Waals surface area contributed by atoms with Gasteiger partial charge in [-0.2, -0.15) is 0 Å². The van der Waals surface area contributed by atoms with Gasteiger partial charge in [-0.15, -0.1) is 0 Å². The van der Waals surface area contributed by atoms with Gasteiger partial charge >= 0.3 is 0 Å². The molecule has 0 radical (unpaired) electrons. The number of carbonyl (C=O) groups is 1. The van der Waals surface area contributed by atoms with E-state index in [2.05, 4.69) is 15.8 Å². The maximum absolute atomic E-state index is 11.7. The highest BCUT2D eigenvalue weighted by atomic mass is 32.1. The summed E-state index contributed by atoms with van der Waals surface area (Å²) in [5.41, 5.74) is 0.0574. The molecule has 1 spiro atoms. The molecule has 1 aromatic rings. The van der Waals surface area contributed by atoms with Crippen molar-refractivity contribution in [3.63, 3.8) is 0 Å². The molecule has 1 aliphatic heterocycles. The third kappa shape index (κ3) is 1.56. The molecule has 1 aromatic heterocycles. The second-order valence-corrected chi connectivity index (χ2v) is 5.80. The molecule has 1 unspecified atom stereocenters. The van der Waals surface area contributed by atoms with E-state index in [4.69, 9.17) is 0 Å². The number of nitrogens with zero attached hydrogens (tertiary/aromatic N) is 1. The number of amides is 1. The van der Waals surface area contributed by atoms with Crippen molar-refractivity contribution >= 4 is 17.4 Å². The molecular weight excluding hydrogens is 220 g/mol. The number of hydrogen-bond acceptors (Lipinski definition) is 3. The number of rotatable bonds is 1. The highest BCUT2D eigenvalue weighted by Gasteiger charge is 2.47. The maximum atomic E-state index is 11.7. The highest BCUT2D eigenvalue weighted by Crippen LogP contribution is 2.46. The molecule has 2 fully saturated rings. The van der Waals surface area contributed by atoms with E-state index in [0.717, 1.165) is 12.8 Å².